The van der Waals surface area contributed by atoms with Gasteiger partial charge in [0.15, 0.2) is 0 Å². The molecule has 0 amide bonds. The van der Waals surface area contributed by atoms with Crippen LogP contribution in [0.4, 0.5) is 0 Å². The highest BCUT2D eigenvalue weighted by molar-refractivity contribution is 5.15. The fraction of sp³-hybridized carbons (Fsp3) is 0.333. The van der Waals surface area contributed by atoms with E-state index in [0.29, 0.717) is 5.56 Å². The molecule has 0 heterocycles. The molecule has 0 spiro atoms. The van der Waals surface area contributed by atoms with Gasteiger partial charge in [-0.2, -0.15) is 0 Å². The Morgan fingerprint density at radius 2 is 1.60 bits per heavy atom. The van der Waals surface area contributed by atoms with Crippen molar-refractivity contribution in [3.8, 4) is 0 Å². The van der Waals surface area contributed by atoms with Gasteiger partial charge in [0, 0.05) is 0 Å². The summed E-state index contributed by atoms with van der Waals surface area (Å²) < 4.78 is 0. The van der Waals surface area contributed by atoms with Crippen molar-refractivity contribution < 1.29 is 9.85 Å². The molecule has 0 radical (unpaired) electrons. The molecule has 1 aromatic carbocycles. The van der Waals surface area contributed by atoms with Crippen LogP contribution in [0.5, 0.6) is 0 Å². The summed E-state index contributed by atoms with van der Waals surface area (Å²) >= 11 is 0. The maximum absolute atomic E-state index is 10.6. The van der Waals surface area contributed by atoms with Crippen LogP contribution in [0.25, 0.3) is 0 Å². The molecule has 15 heavy (non-hydrogen) atoms. The van der Waals surface area contributed by atoms with E-state index >= 15 is 0 Å². The van der Waals surface area contributed by atoms with Gasteiger partial charge in [-0.25, -0.2) is 0 Å². The summed E-state index contributed by atoms with van der Waals surface area (Å²) in [5, 5.41) is 21.3. The summed E-state index contributed by atoms with van der Waals surface area (Å²) in [4.78, 5) is 19.5. The lowest BCUT2D eigenvalue weighted by atomic mass is 10.0. The first kappa shape index (κ1) is 11.1. The molecule has 0 unspecified atom stereocenters. The van der Waals surface area contributed by atoms with Crippen LogP contribution >= 0.6 is 0 Å². The van der Waals surface area contributed by atoms with Gasteiger partial charge in [-0.1, -0.05) is 30.3 Å². The van der Waals surface area contributed by atoms with E-state index in [9.17, 15) is 20.2 Å². The summed E-state index contributed by atoms with van der Waals surface area (Å²) in [5.74, 6) is 0. The largest absolute Gasteiger partial charge is 0.459 e. The SMILES string of the molecule is CC(Cc1ccccc1)([N+](=O)[O-])[N+](=O)[O-]. The summed E-state index contributed by atoms with van der Waals surface area (Å²) in [6.45, 7) is 1.01. The fourth-order valence-electron chi connectivity index (χ4n) is 1.18. The van der Waals surface area contributed by atoms with Gasteiger partial charge in [-0.3, -0.25) is 20.2 Å². The van der Waals surface area contributed by atoms with Crippen molar-refractivity contribution in [3.63, 3.8) is 0 Å². The van der Waals surface area contributed by atoms with Crippen LogP contribution in [-0.4, -0.2) is 15.5 Å². The third kappa shape index (κ3) is 2.28. The molecular formula is C9H10N2O4. The minimum Gasteiger partial charge on any atom is -0.258 e. The molecule has 0 saturated carbocycles. The minimum absolute atomic E-state index is 0.214. The molecule has 6 nitrogen and oxygen atoms in total. The second-order valence-corrected chi connectivity index (χ2v) is 3.39. The van der Waals surface area contributed by atoms with Gasteiger partial charge in [0.05, 0.1) is 16.8 Å². The topological polar surface area (TPSA) is 86.3 Å². The van der Waals surface area contributed by atoms with Crippen LogP contribution in [0.15, 0.2) is 30.3 Å². The monoisotopic (exact) mass is 210 g/mol. The minimum atomic E-state index is -2.15. The van der Waals surface area contributed by atoms with Gasteiger partial charge in [0.2, 0.25) is 0 Å². The number of benzene rings is 1. The standard InChI is InChI=1S/C9H10N2O4/c1-9(10(12)13,11(14)15)7-8-5-3-2-4-6-8/h2-6H,7H2,1H3. The Morgan fingerprint density at radius 3 is 2.00 bits per heavy atom. The lowest BCUT2D eigenvalue weighted by molar-refractivity contribution is -0.791. The molecule has 1 aromatic rings. The van der Waals surface area contributed by atoms with E-state index in [1.807, 2.05) is 0 Å². The van der Waals surface area contributed by atoms with Crippen LogP contribution < -0.4 is 0 Å². The van der Waals surface area contributed by atoms with E-state index in [1.54, 1.807) is 30.3 Å². The van der Waals surface area contributed by atoms with Crippen molar-refractivity contribution in [2.45, 2.75) is 19.0 Å². The fourth-order valence-corrected chi connectivity index (χ4v) is 1.18. The predicted octanol–water partition coefficient (Wildman–Crippen LogP) is 1.50. The molecule has 6 heteroatoms. The number of rotatable bonds is 4. The van der Waals surface area contributed by atoms with Crippen molar-refractivity contribution in [2.24, 2.45) is 0 Å². The van der Waals surface area contributed by atoms with Crippen LogP contribution in [0.1, 0.15) is 12.5 Å². The van der Waals surface area contributed by atoms with E-state index < -0.39 is 15.5 Å². The average molecular weight is 210 g/mol. The summed E-state index contributed by atoms with van der Waals surface area (Å²) in [5.41, 5.74) is -1.57. The first-order chi connectivity index (χ1) is 6.97. The zero-order valence-electron chi connectivity index (χ0n) is 8.12. The van der Waals surface area contributed by atoms with E-state index in [-0.39, 0.29) is 6.42 Å². The molecule has 0 aliphatic heterocycles. The Labute approximate surface area is 85.8 Å². The first-order valence-electron chi connectivity index (χ1n) is 4.30. The molecular weight excluding hydrogens is 200 g/mol. The molecule has 80 valence electrons. The second-order valence-electron chi connectivity index (χ2n) is 3.39. The Kier molecular flexibility index (Phi) is 2.99. The number of hydrogen-bond donors (Lipinski definition) is 0. The van der Waals surface area contributed by atoms with E-state index in [2.05, 4.69) is 0 Å². The van der Waals surface area contributed by atoms with Crippen LogP contribution in [0.2, 0.25) is 0 Å². The second kappa shape index (κ2) is 4.04. The third-order valence-corrected chi connectivity index (χ3v) is 2.17. The van der Waals surface area contributed by atoms with Crippen molar-refractivity contribution in [1.29, 1.82) is 0 Å². The predicted molar refractivity (Wildman–Crippen MR) is 52.5 cm³/mol. The quantitative estimate of drug-likeness (QED) is 0.428. The number of nitro groups is 2. The lowest BCUT2D eigenvalue weighted by Gasteiger charge is -2.12. The molecule has 0 atom stereocenters. The highest BCUT2D eigenvalue weighted by Gasteiger charge is 2.50. The van der Waals surface area contributed by atoms with Crippen molar-refractivity contribution in [3.05, 3.63) is 56.1 Å². The van der Waals surface area contributed by atoms with Crippen LogP contribution in [-0.2, 0) is 6.42 Å². The highest BCUT2D eigenvalue weighted by atomic mass is 16.7. The number of hydrogen-bond acceptors (Lipinski definition) is 4. The van der Waals surface area contributed by atoms with Crippen molar-refractivity contribution in [2.75, 3.05) is 0 Å². The Hall–Kier alpha value is -1.98. The van der Waals surface area contributed by atoms with Gasteiger partial charge >= 0.3 is 5.66 Å². The molecule has 0 aliphatic rings. The third-order valence-electron chi connectivity index (χ3n) is 2.17. The van der Waals surface area contributed by atoms with Gasteiger partial charge in [-0.15, -0.1) is 0 Å². The zero-order valence-corrected chi connectivity index (χ0v) is 8.12. The summed E-state index contributed by atoms with van der Waals surface area (Å²) in [6, 6.07) is 8.39. The molecule has 0 fully saturated rings. The number of nitrogens with zero attached hydrogens (tertiary/aromatic N) is 2. The maximum Gasteiger partial charge on any atom is 0.459 e. The molecule has 1 rings (SSSR count). The Morgan fingerprint density at radius 1 is 1.13 bits per heavy atom. The smallest absolute Gasteiger partial charge is 0.258 e. The van der Waals surface area contributed by atoms with E-state index in [0.717, 1.165) is 6.92 Å². The van der Waals surface area contributed by atoms with E-state index in [4.69, 9.17) is 0 Å². The normalized spacial score (nSPS) is 11.0. The van der Waals surface area contributed by atoms with Gasteiger partial charge in [0.1, 0.15) is 6.42 Å². The summed E-state index contributed by atoms with van der Waals surface area (Å²) in [7, 11) is 0. The van der Waals surface area contributed by atoms with E-state index in [1.165, 1.54) is 0 Å². The summed E-state index contributed by atoms with van der Waals surface area (Å²) in [6.07, 6.45) is -0.214. The van der Waals surface area contributed by atoms with Crippen LogP contribution in [0, 0.1) is 20.2 Å². The first-order valence-corrected chi connectivity index (χ1v) is 4.30. The molecule has 0 saturated heterocycles. The molecule has 0 N–H and O–H groups in total. The lowest BCUT2D eigenvalue weighted by Crippen LogP contribution is -2.45. The van der Waals surface area contributed by atoms with Crippen molar-refractivity contribution >= 4 is 0 Å². The molecule has 0 bridgehead atoms. The Bertz CT molecular complexity index is 363. The molecule has 0 aromatic heterocycles. The maximum atomic E-state index is 10.6. The van der Waals surface area contributed by atoms with Crippen molar-refractivity contribution in [1.82, 2.24) is 0 Å². The Balaban J connectivity index is 2.95. The van der Waals surface area contributed by atoms with Gasteiger partial charge in [-0.05, 0) is 5.56 Å². The van der Waals surface area contributed by atoms with Gasteiger partial charge in [0.25, 0.3) is 0 Å². The molecule has 0 aliphatic carbocycles. The highest BCUT2D eigenvalue weighted by Crippen LogP contribution is 2.17. The van der Waals surface area contributed by atoms with Gasteiger partial charge < -0.3 is 0 Å². The van der Waals surface area contributed by atoms with Crippen LogP contribution in [0.3, 0.4) is 0 Å². The average Bonchev–Trinajstić information content (AvgIpc) is 2.18. The zero-order chi connectivity index (χ0) is 11.5.